The van der Waals surface area contributed by atoms with Crippen LogP contribution in [0, 0.1) is 5.41 Å². The Morgan fingerprint density at radius 2 is 1.84 bits per heavy atom. The molecule has 1 saturated carbocycles. The van der Waals surface area contributed by atoms with E-state index >= 15 is 0 Å². The highest BCUT2D eigenvalue weighted by atomic mass is 16.4. The second-order valence-electron chi connectivity index (χ2n) is 6.14. The number of nitrogens with two attached hydrogens (primary N) is 1. The minimum absolute atomic E-state index is 0.00782. The number of carbonyl (C=O) groups excluding carboxylic acids is 1. The molecule has 19 heavy (non-hydrogen) atoms. The molecule has 6 heteroatoms. The van der Waals surface area contributed by atoms with Crippen molar-refractivity contribution in [3.05, 3.63) is 0 Å². The summed E-state index contributed by atoms with van der Waals surface area (Å²) in [6.07, 6.45) is 5.22. The summed E-state index contributed by atoms with van der Waals surface area (Å²) in [7, 11) is 0. The number of oxime groups is 1. The van der Waals surface area contributed by atoms with E-state index in [9.17, 15) is 9.90 Å². The van der Waals surface area contributed by atoms with Gasteiger partial charge in [0, 0.05) is 12.1 Å². The summed E-state index contributed by atoms with van der Waals surface area (Å²) in [5.74, 6) is 0.0581. The number of piperidine rings is 1. The molecule has 0 aromatic heterocycles. The summed E-state index contributed by atoms with van der Waals surface area (Å²) in [5, 5.41) is 21.8. The molecule has 3 aliphatic rings. The van der Waals surface area contributed by atoms with Crippen molar-refractivity contribution < 1.29 is 15.1 Å². The summed E-state index contributed by atoms with van der Waals surface area (Å²) < 4.78 is 0. The highest BCUT2D eigenvalue weighted by Gasteiger charge is 2.54. The number of fused-ring (bicyclic) bond motifs is 2. The largest absolute Gasteiger partial charge is 0.409 e. The molecular formula is C13H21N3O3. The van der Waals surface area contributed by atoms with Gasteiger partial charge in [-0.25, -0.2) is 0 Å². The van der Waals surface area contributed by atoms with Gasteiger partial charge < -0.3 is 20.9 Å². The topological polar surface area (TPSA) is 99.2 Å². The lowest BCUT2D eigenvalue weighted by Gasteiger charge is -2.46. The monoisotopic (exact) mass is 267 g/mol. The van der Waals surface area contributed by atoms with Crippen LogP contribution in [0.15, 0.2) is 5.16 Å². The molecule has 0 aromatic carbocycles. The second-order valence-corrected chi connectivity index (χ2v) is 6.14. The number of rotatable bonds is 2. The molecule has 4 N–H and O–H groups in total. The maximum absolute atomic E-state index is 12.8. The lowest BCUT2D eigenvalue weighted by atomic mass is 9.66. The third-order valence-corrected chi connectivity index (χ3v) is 5.16. The number of hydrogen-bond acceptors (Lipinski definition) is 4. The Kier molecular flexibility index (Phi) is 2.92. The molecule has 2 heterocycles. The first-order valence-electron chi connectivity index (χ1n) is 7.07. The van der Waals surface area contributed by atoms with Crippen molar-refractivity contribution in [2.75, 3.05) is 0 Å². The van der Waals surface area contributed by atoms with Crippen molar-refractivity contribution >= 4 is 11.7 Å². The van der Waals surface area contributed by atoms with Crippen LogP contribution < -0.4 is 5.73 Å². The third kappa shape index (κ3) is 1.73. The van der Waals surface area contributed by atoms with Gasteiger partial charge in [0.1, 0.15) is 5.41 Å². The molecule has 3 rings (SSSR count). The highest BCUT2D eigenvalue weighted by Crippen LogP contribution is 2.46. The van der Waals surface area contributed by atoms with Crippen LogP contribution in [-0.4, -0.2) is 45.1 Å². The van der Waals surface area contributed by atoms with Gasteiger partial charge in [0.25, 0.3) is 0 Å². The zero-order valence-corrected chi connectivity index (χ0v) is 11.0. The first-order valence-corrected chi connectivity index (χ1v) is 7.07. The van der Waals surface area contributed by atoms with Crippen LogP contribution in [0.4, 0.5) is 0 Å². The Morgan fingerprint density at radius 1 is 1.26 bits per heavy atom. The molecule has 2 atom stereocenters. The molecule has 6 nitrogen and oxygen atoms in total. The quantitative estimate of drug-likeness (QED) is 0.292. The second kappa shape index (κ2) is 4.37. The number of aliphatic hydroxyl groups excluding tert-OH is 1. The van der Waals surface area contributed by atoms with Crippen molar-refractivity contribution in [2.24, 2.45) is 16.3 Å². The van der Waals surface area contributed by atoms with Crippen LogP contribution in [0.25, 0.3) is 0 Å². The van der Waals surface area contributed by atoms with Crippen LogP contribution in [0.3, 0.4) is 0 Å². The van der Waals surface area contributed by atoms with E-state index < -0.39 is 5.41 Å². The zero-order valence-electron chi connectivity index (χ0n) is 11.0. The van der Waals surface area contributed by atoms with Gasteiger partial charge in [-0.1, -0.05) is 11.6 Å². The van der Waals surface area contributed by atoms with Crippen molar-refractivity contribution in [2.45, 2.75) is 63.1 Å². The van der Waals surface area contributed by atoms with Gasteiger partial charge in [-0.15, -0.1) is 0 Å². The minimum atomic E-state index is -0.780. The molecule has 1 amide bonds. The van der Waals surface area contributed by atoms with E-state index in [2.05, 4.69) is 5.16 Å². The van der Waals surface area contributed by atoms with Crippen LogP contribution in [0.2, 0.25) is 0 Å². The first kappa shape index (κ1) is 12.7. The summed E-state index contributed by atoms with van der Waals surface area (Å²) in [6, 6.07) is 0.260. The molecule has 0 spiro atoms. The van der Waals surface area contributed by atoms with Gasteiger partial charge in [-0.2, -0.15) is 0 Å². The number of aliphatic hydroxyl groups is 1. The summed E-state index contributed by atoms with van der Waals surface area (Å²) in [4.78, 5) is 14.8. The fourth-order valence-electron chi connectivity index (χ4n) is 3.93. The number of hydrogen-bond donors (Lipinski definition) is 3. The first-order chi connectivity index (χ1) is 9.08. The number of carbonyl (C=O) groups is 1. The molecule has 1 aliphatic carbocycles. The molecule has 2 aliphatic heterocycles. The van der Waals surface area contributed by atoms with Crippen LogP contribution in [0.5, 0.6) is 0 Å². The highest BCUT2D eigenvalue weighted by molar-refractivity contribution is 6.07. The molecule has 2 bridgehead atoms. The van der Waals surface area contributed by atoms with Crippen molar-refractivity contribution in [3.63, 3.8) is 0 Å². The van der Waals surface area contributed by atoms with Gasteiger partial charge in [-0.05, 0) is 38.5 Å². The molecule has 2 saturated heterocycles. The van der Waals surface area contributed by atoms with Crippen LogP contribution in [0.1, 0.15) is 44.9 Å². The van der Waals surface area contributed by atoms with E-state index in [4.69, 9.17) is 10.9 Å². The van der Waals surface area contributed by atoms with E-state index in [0.29, 0.717) is 25.7 Å². The average molecular weight is 267 g/mol. The Bertz CT molecular complexity index is 405. The maximum Gasteiger partial charge on any atom is 0.237 e. The van der Waals surface area contributed by atoms with Gasteiger partial charge in [-0.3, -0.25) is 4.79 Å². The third-order valence-electron chi connectivity index (χ3n) is 5.16. The van der Waals surface area contributed by atoms with E-state index in [1.54, 1.807) is 0 Å². The average Bonchev–Trinajstić information content (AvgIpc) is 2.60. The fraction of sp³-hybridized carbons (Fsp3) is 0.846. The van der Waals surface area contributed by atoms with Crippen molar-refractivity contribution in [1.82, 2.24) is 4.90 Å². The van der Waals surface area contributed by atoms with E-state index in [-0.39, 0.29) is 29.9 Å². The smallest absolute Gasteiger partial charge is 0.237 e. The molecule has 0 aromatic rings. The number of nitrogens with zero attached hydrogens (tertiary/aromatic N) is 2. The van der Waals surface area contributed by atoms with Crippen molar-refractivity contribution in [3.8, 4) is 0 Å². The van der Waals surface area contributed by atoms with Gasteiger partial charge in [0.05, 0.1) is 6.10 Å². The lowest BCUT2D eigenvalue weighted by molar-refractivity contribution is -0.148. The summed E-state index contributed by atoms with van der Waals surface area (Å²) in [6.45, 7) is 0. The normalized spacial score (nSPS) is 37.0. The molecular weight excluding hydrogens is 246 g/mol. The van der Waals surface area contributed by atoms with Gasteiger partial charge >= 0.3 is 0 Å². The van der Waals surface area contributed by atoms with E-state index in [1.165, 1.54) is 0 Å². The maximum atomic E-state index is 12.8. The number of amidine groups is 1. The molecule has 0 radical (unpaired) electrons. The van der Waals surface area contributed by atoms with Gasteiger partial charge in [0.15, 0.2) is 5.84 Å². The minimum Gasteiger partial charge on any atom is -0.409 e. The molecule has 106 valence electrons. The Labute approximate surface area is 112 Å². The SMILES string of the molecule is NC(=NO)C1(C(=O)N2C3CCC2CC(O)C3)CCC1. The van der Waals surface area contributed by atoms with Crippen LogP contribution >= 0.6 is 0 Å². The molecule has 2 unspecified atom stereocenters. The Morgan fingerprint density at radius 3 is 2.26 bits per heavy atom. The predicted molar refractivity (Wildman–Crippen MR) is 68.6 cm³/mol. The van der Waals surface area contributed by atoms with Crippen LogP contribution in [-0.2, 0) is 4.79 Å². The zero-order chi connectivity index (χ0) is 13.6. The van der Waals surface area contributed by atoms with E-state index in [1.807, 2.05) is 4.90 Å². The standard InChI is InChI=1S/C13H21N3O3/c14-11(15-19)13(4-1-5-13)12(18)16-8-2-3-9(16)7-10(17)6-8/h8-10,17,19H,1-7H2,(H2,14,15). The Hall–Kier alpha value is -1.30. The molecule has 3 fully saturated rings. The lowest BCUT2D eigenvalue weighted by Crippen LogP contribution is -2.59. The number of amides is 1. The van der Waals surface area contributed by atoms with E-state index in [0.717, 1.165) is 19.3 Å². The predicted octanol–water partition coefficient (Wildman–Crippen LogP) is 0.417. The Balaban J connectivity index is 1.85. The summed E-state index contributed by atoms with van der Waals surface area (Å²) >= 11 is 0. The van der Waals surface area contributed by atoms with Gasteiger partial charge in [0.2, 0.25) is 5.91 Å². The summed E-state index contributed by atoms with van der Waals surface area (Å²) in [5.41, 5.74) is 4.98. The fourth-order valence-corrected chi connectivity index (χ4v) is 3.93. The van der Waals surface area contributed by atoms with Crippen molar-refractivity contribution in [1.29, 1.82) is 0 Å².